The molecular formula is C23H24F2N4. The molecule has 29 heavy (non-hydrogen) atoms. The van der Waals surface area contributed by atoms with Gasteiger partial charge in [0.25, 0.3) is 0 Å². The topological polar surface area (TPSA) is 41.1 Å². The van der Waals surface area contributed by atoms with Crippen molar-refractivity contribution in [1.29, 1.82) is 0 Å². The molecule has 3 aromatic rings. The van der Waals surface area contributed by atoms with E-state index >= 15 is 0 Å². The Morgan fingerprint density at radius 2 is 1.72 bits per heavy atom. The average molecular weight is 394 g/mol. The fourth-order valence-corrected chi connectivity index (χ4v) is 3.76. The molecular weight excluding hydrogens is 370 g/mol. The lowest BCUT2D eigenvalue weighted by Gasteiger charge is -2.32. The smallest absolute Gasteiger partial charge is 0.227 e. The summed E-state index contributed by atoms with van der Waals surface area (Å²) in [6.07, 6.45) is 3.29. The van der Waals surface area contributed by atoms with E-state index in [1.165, 1.54) is 11.6 Å². The molecule has 0 atom stereocenters. The van der Waals surface area contributed by atoms with E-state index in [4.69, 9.17) is 0 Å². The second-order valence-electron chi connectivity index (χ2n) is 7.57. The van der Waals surface area contributed by atoms with Gasteiger partial charge < -0.3 is 10.2 Å². The summed E-state index contributed by atoms with van der Waals surface area (Å²) in [6.45, 7) is 3.72. The Kier molecular flexibility index (Phi) is 5.69. The van der Waals surface area contributed by atoms with Crippen LogP contribution in [0.15, 0.2) is 54.6 Å². The molecule has 1 aromatic heterocycles. The van der Waals surface area contributed by atoms with Crippen molar-refractivity contribution in [3.63, 3.8) is 0 Å². The number of aromatic nitrogens is 2. The van der Waals surface area contributed by atoms with E-state index in [-0.39, 0.29) is 0 Å². The van der Waals surface area contributed by atoms with Crippen LogP contribution in [0.1, 0.15) is 24.1 Å². The van der Waals surface area contributed by atoms with Gasteiger partial charge in [0.05, 0.1) is 0 Å². The van der Waals surface area contributed by atoms with Crippen LogP contribution in [0.25, 0.3) is 0 Å². The molecule has 4 nitrogen and oxygen atoms in total. The molecule has 1 saturated heterocycles. The van der Waals surface area contributed by atoms with Gasteiger partial charge in [-0.2, -0.15) is 4.98 Å². The molecule has 2 aromatic carbocycles. The first-order valence-corrected chi connectivity index (χ1v) is 9.93. The molecule has 6 heteroatoms. The number of aryl methyl sites for hydroxylation is 1. The van der Waals surface area contributed by atoms with Gasteiger partial charge >= 0.3 is 0 Å². The standard InChI is InChI=1S/C23H24F2N4/c1-16-13-22(27-19-7-8-20(24)21(25)15-19)28-23(26-16)29-11-9-18(10-12-29)14-17-5-3-2-4-6-17/h2-8,13,15,18H,9-12,14H2,1H3,(H,26,27,28). The molecule has 1 aliphatic heterocycles. The second-order valence-corrected chi connectivity index (χ2v) is 7.57. The summed E-state index contributed by atoms with van der Waals surface area (Å²) in [5.74, 6) is 0.159. The Labute approximate surface area is 169 Å². The summed E-state index contributed by atoms with van der Waals surface area (Å²) < 4.78 is 26.6. The lowest BCUT2D eigenvalue weighted by atomic mass is 9.90. The van der Waals surface area contributed by atoms with Gasteiger partial charge in [-0.25, -0.2) is 13.8 Å². The van der Waals surface area contributed by atoms with Crippen LogP contribution >= 0.6 is 0 Å². The second kappa shape index (κ2) is 8.55. The number of hydrogen-bond donors (Lipinski definition) is 1. The largest absolute Gasteiger partial charge is 0.341 e. The normalized spacial score (nSPS) is 14.8. The summed E-state index contributed by atoms with van der Waals surface area (Å²) in [4.78, 5) is 11.4. The maximum atomic E-state index is 13.5. The van der Waals surface area contributed by atoms with E-state index in [0.717, 1.165) is 50.2 Å². The fourth-order valence-electron chi connectivity index (χ4n) is 3.76. The Balaban J connectivity index is 1.42. The minimum Gasteiger partial charge on any atom is -0.341 e. The maximum absolute atomic E-state index is 13.5. The molecule has 0 bridgehead atoms. The number of rotatable bonds is 5. The van der Waals surface area contributed by atoms with Crippen LogP contribution in [0.5, 0.6) is 0 Å². The van der Waals surface area contributed by atoms with Gasteiger partial charge in [0, 0.05) is 36.6 Å². The molecule has 0 amide bonds. The third-order valence-electron chi connectivity index (χ3n) is 5.30. The lowest BCUT2D eigenvalue weighted by Crippen LogP contribution is -2.35. The van der Waals surface area contributed by atoms with Crippen molar-refractivity contribution in [2.24, 2.45) is 5.92 Å². The van der Waals surface area contributed by atoms with Crippen LogP contribution in [-0.2, 0) is 6.42 Å². The van der Waals surface area contributed by atoms with Crippen molar-refractivity contribution in [3.05, 3.63) is 77.5 Å². The first-order valence-electron chi connectivity index (χ1n) is 9.93. The summed E-state index contributed by atoms with van der Waals surface area (Å²) in [6, 6.07) is 16.1. The minimum absolute atomic E-state index is 0.453. The van der Waals surface area contributed by atoms with Gasteiger partial charge in [-0.3, -0.25) is 0 Å². The first kappa shape index (κ1) is 19.3. The van der Waals surface area contributed by atoms with Crippen LogP contribution < -0.4 is 10.2 Å². The summed E-state index contributed by atoms with van der Waals surface area (Å²) in [7, 11) is 0. The van der Waals surface area contributed by atoms with Gasteiger partial charge in [0.2, 0.25) is 5.95 Å². The fraction of sp³-hybridized carbons (Fsp3) is 0.304. The molecule has 2 heterocycles. The molecule has 0 unspecified atom stereocenters. The van der Waals surface area contributed by atoms with Gasteiger partial charge in [0.1, 0.15) is 5.82 Å². The number of benzene rings is 2. The number of halogens is 2. The highest BCUT2D eigenvalue weighted by atomic mass is 19.2. The third kappa shape index (κ3) is 4.88. The highest BCUT2D eigenvalue weighted by Gasteiger charge is 2.22. The van der Waals surface area contributed by atoms with Gasteiger partial charge in [-0.15, -0.1) is 0 Å². The summed E-state index contributed by atoms with van der Waals surface area (Å²) >= 11 is 0. The molecule has 0 radical (unpaired) electrons. The predicted octanol–water partition coefficient (Wildman–Crippen LogP) is 5.27. The van der Waals surface area contributed by atoms with E-state index in [1.807, 2.05) is 13.0 Å². The minimum atomic E-state index is -0.888. The van der Waals surface area contributed by atoms with Crippen molar-refractivity contribution in [1.82, 2.24) is 9.97 Å². The van der Waals surface area contributed by atoms with Crippen molar-refractivity contribution in [2.75, 3.05) is 23.3 Å². The molecule has 150 valence electrons. The number of nitrogens with zero attached hydrogens (tertiary/aromatic N) is 3. The van der Waals surface area contributed by atoms with E-state index in [9.17, 15) is 8.78 Å². The predicted molar refractivity (Wildman–Crippen MR) is 111 cm³/mol. The molecule has 0 saturated carbocycles. The van der Waals surface area contributed by atoms with Crippen LogP contribution in [0, 0.1) is 24.5 Å². The van der Waals surface area contributed by atoms with Gasteiger partial charge in [-0.1, -0.05) is 30.3 Å². The van der Waals surface area contributed by atoms with E-state index < -0.39 is 11.6 Å². The quantitative estimate of drug-likeness (QED) is 0.640. The van der Waals surface area contributed by atoms with E-state index in [2.05, 4.69) is 44.5 Å². The molecule has 0 aliphatic carbocycles. The summed E-state index contributed by atoms with van der Waals surface area (Å²) in [5, 5.41) is 3.05. The SMILES string of the molecule is Cc1cc(Nc2ccc(F)c(F)c2)nc(N2CCC(Cc3ccccc3)CC2)n1. The number of piperidine rings is 1. The van der Waals surface area contributed by atoms with Crippen LogP contribution in [0.4, 0.5) is 26.2 Å². The van der Waals surface area contributed by atoms with Crippen molar-refractivity contribution in [2.45, 2.75) is 26.2 Å². The third-order valence-corrected chi connectivity index (χ3v) is 5.30. The van der Waals surface area contributed by atoms with Crippen molar-refractivity contribution >= 4 is 17.5 Å². The molecule has 1 N–H and O–H groups in total. The summed E-state index contributed by atoms with van der Waals surface area (Å²) in [5.41, 5.74) is 2.66. The van der Waals surface area contributed by atoms with E-state index in [0.29, 0.717) is 23.4 Å². The zero-order valence-electron chi connectivity index (χ0n) is 16.4. The molecule has 4 rings (SSSR count). The van der Waals surface area contributed by atoms with Crippen LogP contribution in [-0.4, -0.2) is 23.1 Å². The molecule has 0 spiro atoms. The Hall–Kier alpha value is -3.02. The Bertz CT molecular complexity index is 970. The number of anilines is 3. The Morgan fingerprint density at radius 3 is 2.45 bits per heavy atom. The maximum Gasteiger partial charge on any atom is 0.227 e. The highest BCUT2D eigenvalue weighted by molar-refractivity contribution is 5.58. The molecule has 1 fully saturated rings. The zero-order valence-corrected chi connectivity index (χ0v) is 16.4. The molecule has 1 aliphatic rings. The van der Waals surface area contributed by atoms with Gasteiger partial charge in [0.15, 0.2) is 11.6 Å². The Morgan fingerprint density at radius 1 is 0.966 bits per heavy atom. The zero-order chi connectivity index (χ0) is 20.2. The monoisotopic (exact) mass is 394 g/mol. The number of hydrogen-bond acceptors (Lipinski definition) is 4. The lowest BCUT2D eigenvalue weighted by molar-refractivity contribution is 0.400. The van der Waals surface area contributed by atoms with Crippen molar-refractivity contribution < 1.29 is 8.78 Å². The van der Waals surface area contributed by atoms with Gasteiger partial charge in [-0.05, 0) is 49.8 Å². The van der Waals surface area contributed by atoms with Crippen LogP contribution in [0.3, 0.4) is 0 Å². The van der Waals surface area contributed by atoms with Crippen molar-refractivity contribution in [3.8, 4) is 0 Å². The highest BCUT2D eigenvalue weighted by Crippen LogP contribution is 2.26. The van der Waals surface area contributed by atoms with E-state index in [1.54, 1.807) is 6.07 Å². The first-order chi connectivity index (χ1) is 14.1. The average Bonchev–Trinajstić information content (AvgIpc) is 2.72. The van der Waals surface area contributed by atoms with Crippen LogP contribution in [0.2, 0.25) is 0 Å². The number of nitrogens with one attached hydrogen (secondary N) is 1.